The molecule has 0 aromatic carbocycles. The van der Waals surface area contributed by atoms with Crippen molar-refractivity contribution in [1.82, 2.24) is 4.98 Å². The third-order valence-electron chi connectivity index (χ3n) is 0.384. The molecule has 0 aliphatic heterocycles. The van der Waals surface area contributed by atoms with Crippen LogP contribution in [0.15, 0.2) is 6.20 Å². The van der Waals surface area contributed by atoms with Crippen molar-refractivity contribution in [3.05, 3.63) is 30.6 Å². The van der Waals surface area contributed by atoms with E-state index in [4.69, 9.17) is 0 Å². The van der Waals surface area contributed by atoms with Gasteiger partial charge in [-0.3, -0.25) is 0 Å². The van der Waals surface area contributed by atoms with E-state index in [0.717, 1.165) is 0 Å². The first-order valence-electron chi connectivity index (χ1n) is 1.52. The Kier molecular flexibility index (Phi) is 0.643. The first kappa shape index (κ1) is 3.00. The van der Waals surface area contributed by atoms with Crippen LogP contribution in [0.3, 0.4) is 0 Å². The fourth-order valence-electron chi connectivity index (χ4n) is 0.193. The second kappa shape index (κ2) is 1.29. The molecule has 1 aromatic rings. The second-order valence-corrected chi connectivity index (χ2v) is 0.764. The molecule has 0 saturated carbocycles. The Hall–Kier alpha value is -1.21. The van der Waals surface area contributed by atoms with E-state index >= 15 is 0 Å². The SMILES string of the molecule is c1c#cncc#1. The summed E-state index contributed by atoms with van der Waals surface area (Å²) in [6.07, 6.45) is 3.91. The molecule has 0 unspecified atom stereocenters. The molecule has 0 aliphatic rings. The van der Waals surface area contributed by atoms with Gasteiger partial charge in [0.25, 0.3) is 0 Å². The lowest BCUT2D eigenvalue weighted by Gasteiger charge is -1.52. The molecular weight excluding hydrogens is 74.1 g/mol. The molecule has 1 rings (SSSR count). The maximum absolute atomic E-state index is 3.52. The van der Waals surface area contributed by atoms with Crippen LogP contribution in [0.2, 0.25) is 0 Å². The molecule has 1 aromatic heterocycles. The van der Waals surface area contributed by atoms with Crippen LogP contribution in [0, 0.1) is 24.4 Å². The van der Waals surface area contributed by atoms with Crippen molar-refractivity contribution < 1.29 is 0 Å². The average Bonchev–Trinajstić information content (AvgIpc) is 1.72. The zero-order chi connectivity index (χ0) is 4.24. The Balaban J connectivity index is 3.00. The van der Waals surface area contributed by atoms with Gasteiger partial charge in [0, 0.05) is 12.3 Å². The van der Waals surface area contributed by atoms with E-state index in [0.29, 0.717) is 0 Å². The molecule has 0 N–H and O–H groups in total. The molecule has 0 spiro atoms. The van der Waals surface area contributed by atoms with Crippen LogP contribution in [-0.2, 0) is 0 Å². The van der Waals surface area contributed by atoms with Crippen molar-refractivity contribution in [1.29, 1.82) is 0 Å². The van der Waals surface area contributed by atoms with E-state index in [2.05, 4.69) is 29.4 Å². The van der Waals surface area contributed by atoms with Crippen LogP contribution in [-0.4, -0.2) is 4.98 Å². The number of hydrogen-bond donors (Lipinski definition) is 0. The van der Waals surface area contributed by atoms with E-state index in [9.17, 15) is 0 Å². The Morgan fingerprint density at radius 1 is 1.33 bits per heavy atom. The maximum Gasteiger partial charge on any atom is 0.0884 e. The van der Waals surface area contributed by atoms with Crippen LogP contribution >= 0.6 is 0 Å². The Morgan fingerprint density at radius 3 is 2.50 bits per heavy atom. The molecule has 0 radical (unpaired) electrons. The Morgan fingerprint density at radius 2 is 2.33 bits per heavy atom. The minimum Gasteiger partial charge on any atom is -0.196 e. The third kappa shape index (κ3) is 0.390. The van der Waals surface area contributed by atoms with E-state index in [1.54, 1.807) is 0 Å². The molecule has 0 bridgehead atoms. The first-order valence-corrected chi connectivity index (χ1v) is 1.52. The van der Waals surface area contributed by atoms with E-state index in [1.807, 2.05) is 0 Å². The summed E-state index contributed by atoms with van der Waals surface area (Å²) in [5.41, 5.74) is 0. The highest BCUT2D eigenvalue weighted by molar-refractivity contribution is 4.62. The fourth-order valence-corrected chi connectivity index (χ4v) is 0.193. The molecule has 6 heavy (non-hydrogen) atoms. The standard InChI is InChI=1S/C5HN/c1-2-4-6-5-3-1/h4H. The highest BCUT2D eigenvalue weighted by Gasteiger charge is 1.47. The summed E-state index contributed by atoms with van der Waals surface area (Å²) in [6, 6.07) is 7.57. The van der Waals surface area contributed by atoms with Crippen LogP contribution in [0.1, 0.15) is 0 Å². The highest BCUT2D eigenvalue weighted by Crippen LogP contribution is 1.52. The Labute approximate surface area is 36.7 Å². The highest BCUT2D eigenvalue weighted by atomic mass is 14.6. The molecule has 26 valence electrons. The lowest BCUT2D eigenvalue weighted by atomic mass is 10.7. The van der Waals surface area contributed by atoms with Crippen molar-refractivity contribution in [2.45, 2.75) is 0 Å². The van der Waals surface area contributed by atoms with E-state index < -0.39 is 0 Å². The van der Waals surface area contributed by atoms with Crippen LogP contribution in [0.25, 0.3) is 0 Å². The van der Waals surface area contributed by atoms with Gasteiger partial charge in [-0.2, -0.15) is 4.98 Å². The summed E-state index contributed by atoms with van der Waals surface area (Å²) >= 11 is 0. The van der Waals surface area contributed by atoms with Crippen molar-refractivity contribution in [3.63, 3.8) is 0 Å². The summed E-state index contributed by atoms with van der Waals surface area (Å²) in [6.45, 7) is 0. The fraction of sp³-hybridized carbons (Fsp3) is 0. The van der Waals surface area contributed by atoms with Crippen LogP contribution in [0.4, 0.5) is 0 Å². The molecule has 1 heterocycles. The van der Waals surface area contributed by atoms with Crippen LogP contribution < -0.4 is 0 Å². The molecule has 0 amide bonds. The van der Waals surface area contributed by atoms with E-state index in [1.165, 1.54) is 6.20 Å². The molecule has 0 saturated heterocycles. The summed E-state index contributed by atoms with van der Waals surface area (Å²) in [5, 5.41) is 0. The van der Waals surface area contributed by atoms with Crippen LogP contribution in [0.5, 0.6) is 0 Å². The van der Waals surface area contributed by atoms with Gasteiger partial charge in [-0.15, -0.1) is 0 Å². The molecular formula is C5HN. The van der Waals surface area contributed by atoms with Crippen molar-refractivity contribution in [2.24, 2.45) is 0 Å². The molecule has 1 nitrogen and oxygen atoms in total. The zero-order valence-corrected chi connectivity index (χ0v) is 3.02. The van der Waals surface area contributed by atoms with Crippen molar-refractivity contribution in [2.75, 3.05) is 0 Å². The molecule has 0 atom stereocenters. The van der Waals surface area contributed by atoms with Gasteiger partial charge in [-0.05, 0) is 12.1 Å². The summed E-state index contributed by atoms with van der Waals surface area (Å²) in [4.78, 5) is 3.52. The lowest BCUT2D eigenvalue weighted by molar-refractivity contribution is 1.36. The average molecular weight is 75.1 g/mol. The smallest absolute Gasteiger partial charge is 0.0884 e. The van der Waals surface area contributed by atoms with Gasteiger partial charge in [-0.1, -0.05) is 0 Å². The maximum atomic E-state index is 3.52. The largest absolute Gasteiger partial charge is 0.196 e. The quantitative estimate of drug-likeness (QED) is 0.431. The van der Waals surface area contributed by atoms with Crippen molar-refractivity contribution >= 4 is 0 Å². The Bertz CT molecular complexity index is 75.9. The number of nitrogens with zero attached hydrogens (tertiary/aromatic N) is 1. The van der Waals surface area contributed by atoms with Gasteiger partial charge in [0.2, 0.25) is 0 Å². The molecule has 0 fully saturated rings. The van der Waals surface area contributed by atoms with Crippen molar-refractivity contribution in [3.8, 4) is 0 Å². The van der Waals surface area contributed by atoms with E-state index in [-0.39, 0.29) is 0 Å². The monoisotopic (exact) mass is 75.0 g/mol. The number of rotatable bonds is 0. The predicted octanol–water partition coefficient (Wildman–Crippen LogP) is 0.282. The third-order valence-corrected chi connectivity index (χ3v) is 0.384. The molecule has 0 aliphatic carbocycles. The summed E-state index contributed by atoms with van der Waals surface area (Å²) in [7, 11) is 0. The van der Waals surface area contributed by atoms with Gasteiger partial charge >= 0.3 is 0 Å². The normalized spacial score (nSPS) is 5.33. The number of aromatic nitrogens is 1. The number of hydrogen-bond acceptors (Lipinski definition) is 1. The minimum absolute atomic E-state index is 1.48. The van der Waals surface area contributed by atoms with Gasteiger partial charge in [-0.25, -0.2) is 0 Å². The van der Waals surface area contributed by atoms with Gasteiger partial charge in [0.15, 0.2) is 0 Å². The first-order chi connectivity index (χ1) is 3.00. The van der Waals surface area contributed by atoms with Gasteiger partial charge in [0.05, 0.1) is 6.20 Å². The summed E-state index contributed by atoms with van der Waals surface area (Å²) < 4.78 is 0. The second-order valence-electron chi connectivity index (χ2n) is 0.764. The minimum atomic E-state index is 1.48. The van der Waals surface area contributed by atoms with Gasteiger partial charge < -0.3 is 0 Å². The summed E-state index contributed by atoms with van der Waals surface area (Å²) in [5.74, 6) is 0. The zero-order valence-electron chi connectivity index (χ0n) is 3.02. The van der Waals surface area contributed by atoms with Gasteiger partial charge in [0.1, 0.15) is 0 Å². The lowest BCUT2D eigenvalue weighted by Crippen LogP contribution is -1.51. The predicted molar refractivity (Wildman–Crippen MR) is 19.6 cm³/mol. The molecule has 1 heteroatoms. The topological polar surface area (TPSA) is 12.9 Å².